The Bertz CT molecular complexity index is 416. The summed E-state index contributed by atoms with van der Waals surface area (Å²) < 4.78 is 4.97. The fraction of sp³-hybridized carbons (Fsp3) is 0.500. The normalized spacial score (nSPS) is 12.3. The van der Waals surface area contributed by atoms with E-state index in [2.05, 4.69) is 26.1 Å². The molecular weight excluding hydrogens is 228 g/mol. The third-order valence-electron chi connectivity index (χ3n) is 2.95. The van der Waals surface area contributed by atoms with E-state index >= 15 is 0 Å². The average Bonchev–Trinajstić information content (AvgIpc) is 2.31. The lowest BCUT2D eigenvalue weighted by molar-refractivity contribution is 0.0526. The molecule has 1 rings (SSSR count). The van der Waals surface area contributed by atoms with E-state index in [4.69, 9.17) is 10.5 Å². The third-order valence-corrected chi connectivity index (χ3v) is 2.95. The van der Waals surface area contributed by atoms with Gasteiger partial charge in [-0.1, -0.05) is 13.8 Å². The monoisotopic (exact) mass is 250 g/mol. The number of benzene rings is 1. The van der Waals surface area contributed by atoms with E-state index in [9.17, 15) is 4.79 Å². The van der Waals surface area contributed by atoms with Crippen LogP contribution in [0, 0.1) is 5.92 Å². The number of anilines is 2. The number of esters is 1. The molecule has 0 aromatic heterocycles. The van der Waals surface area contributed by atoms with Crippen LogP contribution in [0.1, 0.15) is 38.1 Å². The molecule has 0 aliphatic heterocycles. The molecule has 1 unspecified atom stereocenters. The van der Waals surface area contributed by atoms with Gasteiger partial charge in [0.25, 0.3) is 0 Å². The van der Waals surface area contributed by atoms with E-state index in [1.165, 1.54) is 0 Å². The van der Waals surface area contributed by atoms with Gasteiger partial charge in [0.1, 0.15) is 0 Å². The quantitative estimate of drug-likeness (QED) is 0.623. The second kappa shape index (κ2) is 6.28. The summed E-state index contributed by atoms with van der Waals surface area (Å²) in [6.45, 7) is 8.50. The summed E-state index contributed by atoms with van der Waals surface area (Å²) in [6.07, 6.45) is 0. The molecular formula is C14H22N2O2. The lowest BCUT2D eigenvalue weighted by Crippen LogP contribution is -2.22. The fourth-order valence-electron chi connectivity index (χ4n) is 1.43. The second-order valence-electron chi connectivity index (χ2n) is 4.70. The molecule has 0 bridgehead atoms. The summed E-state index contributed by atoms with van der Waals surface area (Å²) in [6, 6.07) is 5.43. The standard InChI is InChI=1S/C14H22N2O2/c1-5-18-14(17)11-6-7-12(15)13(8-11)16-10(4)9(2)3/h6-10,16H,5,15H2,1-4H3. The van der Waals surface area contributed by atoms with Gasteiger partial charge in [0.15, 0.2) is 0 Å². The highest BCUT2D eigenvalue weighted by atomic mass is 16.5. The molecule has 0 spiro atoms. The third kappa shape index (κ3) is 3.65. The first-order valence-corrected chi connectivity index (χ1v) is 6.28. The Morgan fingerprint density at radius 1 is 1.39 bits per heavy atom. The largest absolute Gasteiger partial charge is 0.462 e. The van der Waals surface area contributed by atoms with Gasteiger partial charge >= 0.3 is 5.97 Å². The number of carbonyl (C=O) groups is 1. The summed E-state index contributed by atoms with van der Waals surface area (Å²) in [7, 11) is 0. The first-order chi connectivity index (χ1) is 8.45. The van der Waals surface area contributed by atoms with Crippen LogP contribution in [0.5, 0.6) is 0 Å². The zero-order valence-corrected chi connectivity index (χ0v) is 11.5. The first kappa shape index (κ1) is 14.4. The van der Waals surface area contributed by atoms with Crippen molar-refractivity contribution in [3.8, 4) is 0 Å². The summed E-state index contributed by atoms with van der Waals surface area (Å²) in [5, 5.41) is 3.31. The highest BCUT2D eigenvalue weighted by Gasteiger charge is 2.12. The summed E-state index contributed by atoms with van der Waals surface area (Å²) in [4.78, 5) is 11.6. The molecule has 0 saturated carbocycles. The van der Waals surface area contributed by atoms with Crippen molar-refractivity contribution in [1.29, 1.82) is 0 Å². The van der Waals surface area contributed by atoms with Crippen LogP contribution in [-0.4, -0.2) is 18.6 Å². The van der Waals surface area contributed by atoms with E-state index in [1.54, 1.807) is 25.1 Å². The van der Waals surface area contributed by atoms with Crippen molar-refractivity contribution >= 4 is 17.3 Å². The molecule has 18 heavy (non-hydrogen) atoms. The first-order valence-electron chi connectivity index (χ1n) is 6.28. The maximum Gasteiger partial charge on any atom is 0.338 e. The smallest absolute Gasteiger partial charge is 0.338 e. The zero-order chi connectivity index (χ0) is 13.7. The van der Waals surface area contributed by atoms with E-state index in [1.807, 2.05) is 0 Å². The number of nitrogens with two attached hydrogens (primary N) is 1. The molecule has 0 aliphatic carbocycles. The molecule has 4 heteroatoms. The molecule has 0 radical (unpaired) electrons. The maximum atomic E-state index is 11.6. The lowest BCUT2D eigenvalue weighted by atomic mass is 10.1. The van der Waals surface area contributed by atoms with Crippen molar-refractivity contribution < 1.29 is 9.53 Å². The summed E-state index contributed by atoms with van der Waals surface area (Å²) in [5.74, 6) is 0.161. The SMILES string of the molecule is CCOC(=O)c1ccc(N)c(NC(C)C(C)C)c1. The minimum absolute atomic E-state index is 0.282. The molecule has 1 aromatic rings. The van der Waals surface area contributed by atoms with Crippen molar-refractivity contribution in [2.75, 3.05) is 17.7 Å². The van der Waals surface area contributed by atoms with Crippen molar-refractivity contribution in [2.24, 2.45) is 5.92 Å². The van der Waals surface area contributed by atoms with E-state index in [0.717, 1.165) is 5.69 Å². The highest BCUT2D eigenvalue weighted by molar-refractivity contribution is 5.92. The molecule has 0 heterocycles. The van der Waals surface area contributed by atoms with Crippen molar-refractivity contribution in [3.63, 3.8) is 0 Å². The van der Waals surface area contributed by atoms with Crippen LogP contribution in [0.15, 0.2) is 18.2 Å². The van der Waals surface area contributed by atoms with Gasteiger partial charge in [0, 0.05) is 6.04 Å². The molecule has 1 atom stereocenters. The average molecular weight is 250 g/mol. The molecule has 0 fully saturated rings. The van der Waals surface area contributed by atoms with Gasteiger partial charge in [-0.05, 0) is 38.0 Å². The summed E-state index contributed by atoms with van der Waals surface area (Å²) >= 11 is 0. The second-order valence-corrected chi connectivity index (χ2v) is 4.70. The molecule has 0 saturated heterocycles. The predicted molar refractivity (Wildman–Crippen MR) is 74.7 cm³/mol. The molecule has 3 N–H and O–H groups in total. The van der Waals surface area contributed by atoms with Crippen LogP contribution in [0.25, 0.3) is 0 Å². The minimum Gasteiger partial charge on any atom is -0.462 e. The van der Waals surface area contributed by atoms with Gasteiger partial charge in [-0.3, -0.25) is 0 Å². The van der Waals surface area contributed by atoms with Gasteiger partial charge in [-0.15, -0.1) is 0 Å². The van der Waals surface area contributed by atoms with E-state index in [0.29, 0.717) is 23.8 Å². The van der Waals surface area contributed by atoms with Gasteiger partial charge < -0.3 is 15.8 Å². The van der Waals surface area contributed by atoms with Crippen molar-refractivity contribution in [3.05, 3.63) is 23.8 Å². The zero-order valence-electron chi connectivity index (χ0n) is 11.5. The van der Waals surface area contributed by atoms with Crippen LogP contribution in [0.2, 0.25) is 0 Å². The molecule has 100 valence electrons. The van der Waals surface area contributed by atoms with E-state index in [-0.39, 0.29) is 12.0 Å². The molecule has 1 aromatic carbocycles. The Kier molecular flexibility index (Phi) is 5.01. The molecule has 0 amide bonds. The number of hydrogen-bond donors (Lipinski definition) is 2. The summed E-state index contributed by atoms with van der Waals surface area (Å²) in [5.41, 5.74) is 7.83. The Labute approximate surface area is 109 Å². The topological polar surface area (TPSA) is 64.3 Å². The van der Waals surface area contributed by atoms with E-state index < -0.39 is 0 Å². The van der Waals surface area contributed by atoms with Crippen LogP contribution in [0.3, 0.4) is 0 Å². The lowest BCUT2D eigenvalue weighted by Gasteiger charge is -2.20. The van der Waals surface area contributed by atoms with Gasteiger partial charge in [-0.2, -0.15) is 0 Å². The van der Waals surface area contributed by atoms with Gasteiger partial charge in [0.05, 0.1) is 23.5 Å². The molecule has 4 nitrogen and oxygen atoms in total. The Morgan fingerprint density at radius 2 is 2.06 bits per heavy atom. The van der Waals surface area contributed by atoms with Gasteiger partial charge in [0.2, 0.25) is 0 Å². The number of nitrogens with one attached hydrogen (secondary N) is 1. The number of hydrogen-bond acceptors (Lipinski definition) is 4. The highest BCUT2D eigenvalue weighted by Crippen LogP contribution is 2.22. The maximum absolute atomic E-state index is 11.6. The van der Waals surface area contributed by atoms with Crippen LogP contribution >= 0.6 is 0 Å². The number of carbonyl (C=O) groups excluding carboxylic acids is 1. The van der Waals surface area contributed by atoms with Crippen LogP contribution < -0.4 is 11.1 Å². The van der Waals surface area contributed by atoms with Crippen LogP contribution in [-0.2, 0) is 4.74 Å². The number of ether oxygens (including phenoxy) is 1. The van der Waals surface area contributed by atoms with Crippen molar-refractivity contribution in [1.82, 2.24) is 0 Å². The number of rotatable bonds is 5. The Hall–Kier alpha value is -1.71. The predicted octanol–water partition coefficient (Wildman–Crippen LogP) is 2.90. The fourth-order valence-corrected chi connectivity index (χ4v) is 1.43. The van der Waals surface area contributed by atoms with Crippen LogP contribution in [0.4, 0.5) is 11.4 Å². The van der Waals surface area contributed by atoms with Gasteiger partial charge in [-0.25, -0.2) is 4.79 Å². The van der Waals surface area contributed by atoms with Crippen molar-refractivity contribution in [2.45, 2.75) is 33.7 Å². The Balaban J connectivity index is 2.91. The minimum atomic E-state index is -0.322. The number of nitrogen functional groups attached to an aromatic ring is 1. The molecule has 0 aliphatic rings. The Morgan fingerprint density at radius 3 is 2.61 bits per heavy atom.